The molecule has 3 rings (SSSR count). The monoisotopic (exact) mass is 357 g/mol. The van der Waals surface area contributed by atoms with Gasteiger partial charge >= 0.3 is 6.09 Å². The van der Waals surface area contributed by atoms with Gasteiger partial charge in [0.05, 0.1) is 5.69 Å². The number of nitrogens with zero attached hydrogens (tertiary/aromatic N) is 4. The number of piperazine rings is 1. The van der Waals surface area contributed by atoms with E-state index >= 15 is 0 Å². The number of rotatable bonds is 3. The Balaban J connectivity index is 1.60. The van der Waals surface area contributed by atoms with Crippen molar-refractivity contribution in [3.63, 3.8) is 0 Å². The van der Waals surface area contributed by atoms with E-state index in [0.717, 1.165) is 30.2 Å². The second-order valence-electron chi connectivity index (χ2n) is 7.44. The van der Waals surface area contributed by atoms with Gasteiger partial charge in [0.25, 0.3) is 0 Å². The van der Waals surface area contributed by atoms with Crippen molar-refractivity contribution in [2.24, 2.45) is 5.73 Å². The van der Waals surface area contributed by atoms with E-state index in [-0.39, 0.29) is 6.09 Å². The molecule has 2 heterocycles. The molecule has 2 N–H and O–H groups in total. The van der Waals surface area contributed by atoms with E-state index in [9.17, 15) is 4.79 Å². The smallest absolute Gasteiger partial charge is 0.410 e. The average Bonchev–Trinajstić information content (AvgIpc) is 3.10. The summed E-state index contributed by atoms with van der Waals surface area (Å²) in [7, 11) is 0. The van der Waals surface area contributed by atoms with Crippen LogP contribution in [0.15, 0.2) is 36.5 Å². The number of carbonyl (C=O) groups is 1. The van der Waals surface area contributed by atoms with Crippen molar-refractivity contribution in [2.45, 2.75) is 32.9 Å². The first-order chi connectivity index (χ1) is 12.4. The normalized spacial score (nSPS) is 15.2. The zero-order valence-electron chi connectivity index (χ0n) is 15.7. The van der Waals surface area contributed by atoms with Gasteiger partial charge in [-0.3, -0.25) is 0 Å². The van der Waals surface area contributed by atoms with E-state index in [1.165, 1.54) is 0 Å². The van der Waals surface area contributed by atoms with Crippen LogP contribution in [-0.2, 0) is 11.3 Å². The van der Waals surface area contributed by atoms with E-state index < -0.39 is 5.60 Å². The summed E-state index contributed by atoms with van der Waals surface area (Å²) >= 11 is 0. The molecular weight excluding hydrogens is 330 g/mol. The molecule has 1 fully saturated rings. The first-order valence-electron chi connectivity index (χ1n) is 8.94. The number of carbonyl (C=O) groups excluding carboxylic acids is 1. The Morgan fingerprint density at radius 3 is 2.35 bits per heavy atom. The summed E-state index contributed by atoms with van der Waals surface area (Å²) in [6, 6.07) is 10.0. The molecule has 0 radical (unpaired) electrons. The van der Waals surface area contributed by atoms with Crippen LogP contribution in [-0.4, -0.2) is 52.6 Å². The van der Waals surface area contributed by atoms with E-state index in [4.69, 9.17) is 10.5 Å². The molecule has 1 amide bonds. The lowest BCUT2D eigenvalue weighted by Crippen LogP contribution is -2.50. The van der Waals surface area contributed by atoms with Crippen molar-refractivity contribution in [2.75, 3.05) is 31.1 Å². The van der Waals surface area contributed by atoms with Gasteiger partial charge in [0, 0.05) is 45.0 Å². The van der Waals surface area contributed by atoms with Crippen LogP contribution in [0, 0.1) is 0 Å². The van der Waals surface area contributed by atoms with Crippen LogP contribution in [0.25, 0.3) is 5.69 Å². The van der Waals surface area contributed by atoms with E-state index in [1.807, 2.05) is 62.0 Å². The average molecular weight is 357 g/mol. The minimum absolute atomic E-state index is 0.248. The third-order valence-electron chi connectivity index (χ3n) is 4.27. The standard InChI is InChI=1S/C19H27N5O2/c1-19(2,3)26-18(25)23-12-10-22(11-13-23)17-8-9-24(21-17)16-6-4-15(14-20)5-7-16/h4-9H,10-14,20H2,1-3H3. The van der Waals surface area contributed by atoms with Crippen LogP contribution in [0.1, 0.15) is 26.3 Å². The van der Waals surface area contributed by atoms with Crippen LogP contribution in [0.4, 0.5) is 10.6 Å². The van der Waals surface area contributed by atoms with Crippen molar-refractivity contribution in [1.29, 1.82) is 0 Å². The van der Waals surface area contributed by atoms with Crippen molar-refractivity contribution in [3.05, 3.63) is 42.1 Å². The summed E-state index contributed by atoms with van der Waals surface area (Å²) < 4.78 is 7.30. The Morgan fingerprint density at radius 1 is 1.12 bits per heavy atom. The highest BCUT2D eigenvalue weighted by Gasteiger charge is 2.26. The Kier molecular flexibility index (Phi) is 5.18. The second-order valence-corrected chi connectivity index (χ2v) is 7.44. The Bertz CT molecular complexity index is 740. The minimum Gasteiger partial charge on any atom is -0.444 e. The lowest BCUT2D eigenvalue weighted by molar-refractivity contribution is 0.0240. The zero-order chi connectivity index (χ0) is 18.7. The molecule has 1 aromatic carbocycles. The third kappa shape index (κ3) is 4.35. The van der Waals surface area contributed by atoms with E-state index in [2.05, 4.69) is 10.00 Å². The predicted octanol–water partition coefficient (Wildman–Crippen LogP) is 2.39. The second kappa shape index (κ2) is 7.37. The fraction of sp³-hybridized carbons (Fsp3) is 0.474. The molecule has 1 saturated heterocycles. The summed E-state index contributed by atoms with van der Waals surface area (Å²) in [6.07, 6.45) is 1.70. The number of benzene rings is 1. The van der Waals surface area contributed by atoms with Crippen molar-refractivity contribution in [1.82, 2.24) is 14.7 Å². The molecule has 2 aromatic rings. The van der Waals surface area contributed by atoms with Gasteiger partial charge in [0.15, 0.2) is 5.82 Å². The molecule has 1 aliphatic rings. The van der Waals surface area contributed by atoms with Gasteiger partial charge in [-0.25, -0.2) is 9.48 Å². The number of ether oxygens (including phenoxy) is 1. The maximum Gasteiger partial charge on any atom is 0.410 e. The molecular formula is C19H27N5O2. The quantitative estimate of drug-likeness (QED) is 0.913. The van der Waals surface area contributed by atoms with Crippen molar-refractivity contribution >= 4 is 11.9 Å². The molecule has 26 heavy (non-hydrogen) atoms. The first kappa shape index (κ1) is 18.3. The first-order valence-corrected chi connectivity index (χ1v) is 8.94. The molecule has 0 bridgehead atoms. The lowest BCUT2D eigenvalue weighted by Gasteiger charge is -2.35. The van der Waals surface area contributed by atoms with Crippen molar-refractivity contribution < 1.29 is 9.53 Å². The highest BCUT2D eigenvalue weighted by atomic mass is 16.6. The van der Waals surface area contributed by atoms with Gasteiger partial charge in [-0.05, 0) is 38.5 Å². The fourth-order valence-electron chi connectivity index (χ4n) is 2.86. The van der Waals surface area contributed by atoms with Crippen molar-refractivity contribution in [3.8, 4) is 5.69 Å². The third-order valence-corrected chi connectivity index (χ3v) is 4.27. The van der Waals surface area contributed by atoms with Gasteiger partial charge in [-0.1, -0.05) is 12.1 Å². The molecule has 0 unspecified atom stereocenters. The Morgan fingerprint density at radius 2 is 1.77 bits per heavy atom. The molecule has 1 aliphatic heterocycles. The van der Waals surface area contributed by atoms with Gasteiger partial charge in [-0.2, -0.15) is 5.10 Å². The molecule has 0 aliphatic carbocycles. The number of hydrogen-bond donors (Lipinski definition) is 1. The van der Waals surface area contributed by atoms with Crippen LogP contribution in [0.5, 0.6) is 0 Å². The molecule has 1 aromatic heterocycles. The van der Waals surface area contributed by atoms with Gasteiger partial charge in [0.1, 0.15) is 5.60 Å². The SMILES string of the molecule is CC(C)(C)OC(=O)N1CCN(c2ccn(-c3ccc(CN)cc3)n2)CC1. The number of amides is 1. The fourth-order valence-corrected chi connectivity index (χ4v) is 2.86. The Labute approximate surface area is 154 Å². The molecule has 7 heteroatoms. The van der Waals surface area contributed by atoms with Crippen LogP contribution >= 0.6 is 0 Å². The van der Waals surface area contributed by atoms with Gasteiger partial charge < -0.3 is 20.3 Å². The summed E-state index contributed by atoms with van der Waals surface area (Å²) in [6.45, 7) is 8.92. The summed E-state index contributed by atoms with van der Waals surface area (Å²) in [5, 5.41) is 4.67. The van der Waals surface area contributed by atoms with Gasteiger partial charge in [-0.15, -0.1) is 0 Å². The molecule has 0 spiro atoms. The highest BCUT2D eigenvalue weighted by molar-refractivity contribution is 5.68. The summed E-state index contributed by atoms with van der Waals surface area (Å²) in [5.74, 6) is 0.914. The van der Waals surface area contributed by atoms with Crippen LogP contribution in [0.3, 0.4) is 0 Å². The number of aromatic nitrogens is 2. The Hall–Kier alpha value is -2.54. The molecule has 0 saturated carbocycles. The van der Waals surface area contributed by atoms with E-state index in [1.54, 1.807) is 4.90 Å². The molecule has 0 atom stereocenters. The molecule has 140 valence electrons. The predicted molar refractivity (Wildman–Crippen MR) is 101 cm³/mol. The van der Waals surface area contributed by atoms with Crippen LogP contribution < -0.4 is 10.6 Å². The van der Waals surface area contributed by atoms with Crippen LogP contribution in [0.2, 0.25) is 0 Å². The summed E-state index contributed by atoms with van der Waals surface area (Å²) in [4.78, 5) is 16.1. The molecule has 7 nitrogen and oxygen atoms in total. The minimum atomic E-state index is -0.466. The van der Waals surface area contributed by atoms with Gasteiger partial charge in [0.2, 0.25) is 0 Å². The van der Waals surface area contributed by atoms with E-state index in [0.29, 0.717) is 19.6 Å². The maximum absolute atomic E-state index is 12.2. The largest absolute Gasteiger partial charge is 0.444 e. The zero-order valence-corrected chi connectivity index (χ0v) is 15.7. The lowest BCUT2D eigenvalue weighted by atomic mass is 10.2. The topological polar surface area (TPSA) is 76.6 Å². The highest BCUT2D eigenvalue weighted by Crippen LogP contribution is 2.18. The maximum atomic E-state index is 12.2. The number of hydrogen-bond acceptors (Lipinski definition) is 5. The number of nitrogens with two attached hydrogens (primary N) is 1. The summed E-state index contributed by atoms with van der Waals surface area (Å²) in [5.41, 5.74) is 7.27. The number of anilines is 1.